The van der Waals surface area contributed by atoms with Crippen molar-refractivity contribution in [1.29, 1.82) is 0 Å². The molecule has 0 aromatic carbocycles. The normalized spacial score (nSPS) is 24.2. The van der Waals surface area contributed by atoms with E-state index in [1.807, 2.05) is 0 Å². The van der Waals surface area contributed by atoms with Crippen molar-refractivity contribution in [3.05, 3.63) is 17.0 Å². The van der Waals surface area contributed by atoms with E-state index in [0.717, 1.165) is 25.1 Å². The third-order valence-corrected chi connectivity index (χ3v) is 5.55. The van der Waals surface area contributed by atoms with Gasteiger partial charge in [0.15, 0.2) is 0 Å². The van der Waals surface area contributed by atoms with Crippen LogP contribution in [0.1, 0.15) is 69.3 Å². The van der Waals surface area contributed by atoms with Crippen LogP contribution in [0.25, 0.3) is 0 Å². The Kier molecular flexibility index (Phi) is 4.60. The molecule has 1 aliphatic heterocycles. The molecule has 21 heavy (non-hydrogen) atoms. The van der Waals surface area contributed by atoms with Gasteiger partial charge in [-0.1, -0.05) is 26.7 Å². The Labute approximate surface area is 133 Å². The Morgan fingerprint density at radius 2 is 2.00 bits per heavy atom. The Balaban J connectivity index is 1.74. The molecule has 1 saturated carbocycles. The smallest absolute Gasteiger partial charge is 0.0779 e. The summed E-state index contributed by atoms with van der Waals surface area (Å²) in [5.41, 5.74) is 3.93. The lowest BCUT2D eigenvalue weighted by Crippen LogP contribution is -2.27. The fraction of sp³-hybridized carbons (Fsp3) is 0.824. The van der Waals surface area contributed by atoms with Gasteiger partial charge in [-0.15, -0.1) is 11.6 Å². The van der Waals surface area contributed by atoms with E-state index in [9.17, 15) is 0 Å². The van der Waals surface area contributed by atoms with Crippen molar-refractivity contribution in [2.24, 2.45) is 0 Å². The zero-order chi connectivity index (χ0) is 14.9. The topological polar surface area (TPSA) is 27.1 Å². The lowest BCUT2D eigenvalue weighted by Gasteiger charge is -2.24. The molecule has 118 valence electrons. The van der Waals surface area contributed by atoms with Crippen LogP contribution >= 0.6 is 11.6 Å². The van der Waals surface area contributed by atoms with Crippen molar-refractivity contribution in [2.45, 2.75) is 89.3 Å². The summed E-state index contributed by atoms with van der Waals surface area (Å²) in [4.78, 5) is 0. The second-order valence-electron chi connectivity index (χ2n) is 6.56. The van der Waals surface area contributed by atoms with Gasteiger partial charge >= 0.3 is 0 Å². The van der Waals surface area contributed by atoms with Gasteiger partial charge in [0.25, 0.3) is 0 Å². The summed E-state index contributed by atoms with van der Waals surface area (Å²) in [5, 5.41) is 4.80. The summed E-state index contributed by atoms with van der Waals surface area (Å²) in [6.07, 6.45) is 9.90. The van der Waals surface area contributed by atoms with Crippen molar-refractivity contribution in [3.8, 4) is 0 Å². The third kappa shape index (κ3) is 2.87. The number of aryl methyl sites for hydroxylation is 1. The molecule has 1 saturated heterocycles. The molecule has 1 spiro atoms. The molecule has 4 heteroatoms. The predicted molar refractivity (Wildman–Crippen MR) is 85.8 cm³/mol. The molecule has 1 aliphatic carbocycles. The maximum atomic E-state index is 6.44. The van der Waals surface area contributed by atoms with Crippen LogP contribution in [0.3, 0.4) is 0 Å². The molecular formula is C17H27ClN2O. The molecule has 1 aromatic heterocycles. The number of ether oxygens (including phenoxy) is 1. The van der Waals surface area contributed by atoms with Gasteiger partial charge in [-0.3, -0.25) is 4.68 Å². The summed E-state index contributed by atoms with van der Waals surface area (Å²) in [6, 6.07) is 0. The molecule has 3 rings (SSSR count). The summed E-state index contributed by atoms with van der Waals surface area (Å²) >= 11 is 6.14. The lowest BCUT2D eigenvalue weighted by molar-refractivity contribution is -0.0431. The second-order valence-corrected chi connectivity index (χ2v) is 6.83. The van der Waals surface area contributed by atoms with E-state index in [-0.39, 0.29) is 5.60 Å². The van der Waals surface area contributed by atoms with Crippen molar-refractivity contribution in [3.63, 3.8) is 0 Å². The molecular weight excluding hydrogens is 284 g/mol. The number of hydrogen-bond donors (Lipinski definition) is 0. The van der Waals surface area contributed by atoms with Crippen LogP contribution in [0, 0.1) is 0 Å². The minimum absolute atomic E-state index is 0.215. The largest absolute Gasteiger partial charge is 0.370 e. The van der Waals surface area contributed by atoms with Gasteiger partial charge in [0.05, 0.1) is 29.8 Å². The summed E-state index contributed by atoms with van der Waals surface area (Å²) in [7, 11) is 0. The molecule has 2 aliphatic rings. The zero-order valence-electron chi connectivity index (χ0n) is 13.3. The highest BCUT2D eigenvalue weighted by atomic mass is 35.5. The Morgan fingerprint density at radius 3 is 2.62 bits per heavy atom. The molecule has 1 unspecified atom stereocenters. The highest BCUT2D eigenvalue weighted by Crippen LogP contribution is 2.43. The summed E-state index contributed by atoms with van der Waals surface area (Å²) in [5.74, 6) is 0.571. The van der Waals surface area contributed by atoms with Crippen LogP contribution in [0.2, 0.25) is 0 Å². The number of rotatable bonds is 5. The highest BCUT2D eigenvalue weighted by Gasteiger charge is 2.42. The Hall–Kier alpha value is -0.540. The van der Waals surface area contributed by atoms with Crippen molar-refractivity contribution in [1.82, 2.24) is 9.78 Å². The molecule has 2 fully saturated rings. The van der Waals surface area contributed by atoms with Crippen LogP contribution < -0.4 is 0 Å². The predicted octanol–water partition coefficient (Wildman–Crippen LogP) is 4.24. The van der Waals surface area contributed by atoms with E-state index in [1.54, 1.807) is 0 Å². The van der Waals surface area contributed by atoms with Gasteiger partial charge in [0.2, 0.25) is 0 Å². The standard InChI is InChI=1S/C17H27ClN2O/c1-3-15-14(11-18)16(4-2)20(19-15)12-13-7-10-17(21-13)8-5-6-9-17/h13H,3-12H2,1-2H3. The maximum absolute atomic E-state index is 6.44. The van der Waals surface area contributed by atoms with Crippen LogP contribution in [0.4, 0.5) is 0 Å². The molecule has 3 nitrogen and oxygen atoms in total. The zero-order valence-corrected chi connectivity index (χ0v) is 14.1. The summed E-state index contributed by atoms with van der Waals surface area (Å²) in [6.45, 7) is 5.24. The van der Waals surface area contributed by atoms with Crippen LogP contribution in [0.5, 0.6) is 0 Å². The van der Waals surface area contributed by atoms with E-state index in [2.05, 4.69) is 18.5 Å². The van der Waals surface area contributed by atoms with E-state index >= 15 is 0 Å². The fourth-order valence-electron chi connectivity index (χ4n) is 4.18. The number of hydrogen-bond acceptors (Lipinski definition) is 2. The number of nitrogens with zero attached hydrogens (tertiary/aromatic N) is 2. The molecule has 0 radical (unpaired) electrons. The molecule has 0 bridgehead atoms. The van der Waals surface area contributed by atoms with Gasteiger partial charge in [-0.25, -0.2) is 0 Å². The van der Waals surface area contributed by atoms with Crippen molar-refractivity contribution < 1.29 is 4.74 Å². The Bertz CT molecular complexity index is 491. The number of aromatic nitrogens is 2. The first-order valence-electron chi connectivity index (χ1n) is 8.52. The van der Waals surface area contributed by atoms with E-state index in [1.165, 1.54) is 49.8 Å². The van der Waals surface area contributed by atoms with Gasteiger partial charge in [0.1, 0.15) is 0 Å². The molecule has 1 aromatic rings. The van der Waals surface area contributed by atoms with Crippen LogP contribution in [0.15, 0.2) is 0 Å². The molecule has 2 heterocycles. The minimum Gasteiger partial charge on any atom is -0.370 e. The number of alkyl halides is 1. The maximum Gasteiger partial charge on any atom is 0.0779 e. The first-order valence-corrected chi connectivity index (χ1v) is 9.06. The quantitative estimate of drug-likeness (QED) is 0.761. The van der Waals surface area contributed by atoms with Crippen molar-refractivity contribution >= 4 is 11.6 Å². The monoisotopic (exact) mass is 310 g/mol. The Morgan fingerprint density at radius 1 is 1.24 bits per heavy atom. The first-order chi connectivity index (χ1) is 10.2. The average Bonchev–Trinajstić information content (AvgIpc) is 3.19. The van der Waals surface area contributed by atoms with Gasteiger partial charge in [-0.05, 0) is 38.5 Å². The van der Waals surface area contributed by atoms with Crippen molar-refractivity contribution in [2.75, 3.05) is 0 Å². The SMILES string of the molecule is CCc1nn(CC2CCC3(CCCC3)O2)c(CC)c1CCl. The van der Waals surface area contributed by atoms with E-state index < -0.39 is 0 Å². The van der Waals surface area contributed by atoms with Gasteiger partial charge < -0.3 is 4.74 Å². The molecule has 1 atom stereocenters. The van der Waals surface area contributed by atoms with Crippen LogP contribution in [-0.4, -0.2) is 21.5 Å². The lowest BCUT2D eigenvalue weighted by atomic mass is 9.98. The van der Waals surface area contributed by atoms with Gasteiger partial charge in [0, 0.05) is 11.3 Å². The van der Waals surface area contributed by atoms with Gasteiger partial charge in [-0.2, -0.15) is 5.10 Å². The second kappa shape index (κ2) is 6.29. The molecule has 0 amide bonds. The van der Waals surface area contributed by atoms with Crippen LogP contribution in [-0.2, 0) is 30.0 Å². The average molecular weight is 311 g/mol. The van der Waals surface area contributed by atoms with E-state index in [4.69, 9.17) is 21.4 Å². The highest BCUT2D eigenvalue weighted by molar-refractivity contribution is 6.17. The fourth-order valence-corrected chi connectivity index (χ4v) is 4.49. The summed E-state index contributed by atoms with van der Waals surface area (Å²) < 4.78 is 8.61. The first kappa shape index (κ1) is 15.4. The molecule has 0 N–H and O–H groups in total. The number of halogens is 1. The van der Waals surface area contributed by atoms with E-state index in [0.29, 0.717) is 12.0 Å². The minimum atomic E-state index is 0.215. The third-order valence-electron chi connectivity index (χ3n) is 5.28.